The van der Waals surface area contributed by atoms with Gasteiger partial charge in [-0.15, -0.1) is 0 Å². The Morgan fingerprint density at radius 1 is 1.40 bits per heavy atom. The maximum atomic E-state index is 11.7. The maximum absolute atomic E-state index is 11.7. The van der Waals surface area contributed by atoms with Gasteiger partial charge in [0.15, 0.2) is 9.84 Å². The second-order valence-electron chi connectivity index (χ2n) is 3.60. The van der Waals surface area contributed by atoms with E-state index in [-0.39, 0.29) is 11.0 Å². The standard InChI is InChI=1S/C10H17NO3S/c1-3-8(2)15(12,13)7-10-5-4-9(6-11)14-10/h4-5,8H,3,6-7,11H2,1-2H3. The number of rotatable bonds is 5. The molecule has 1 atom stereocenters. The first-order valence-corrected chi connectivity index (χ1v) is 6.70. The van der Waals surface area contributed by atoms with Crippen LogP contribution in [0.2, 0.25) is 0 Å². The molecule has 5 heteroatoms. The van der Waals surface area contributed by atoms with Gasteiger partial charge in [0.05, 0.1) is 11.8 Å². The molecule has 0 fully saturated rings. The fraction of sp³-hybridized carbons (Fsp3) is 0.600. The van der Waals surface area contributed by atoms with Crippen LogP contribution in [0.5, 0.6) is 0 Å². The first-order valence-electron chi connectivity index (χ1n) is 4.98. The maximum Gasteiger partial charge on any atom is 0.160 e. The zero-order valence-corrected chi connectivity index (χ0v) is 9.88. The summed E-state index contributed by atoms with van der Waals surface area (Å²) in [6, 6.07) is 3.38. The molecule has 86 valence electrons. The van der Waals surface area contributed by atoms with Gasteiger partial charge in [-0.2, -0.15) is 0 Å². The summed E-state index contributed by atoms with van der Waals surface area (Å²) in [5, 5.41) is -0.330. The summed E-state index contributed by atoms with van der Waals surface area (Å²) in [6.07, 6.45) is 0.618. The molecule has 0 saturated carbocycles. The minimum atomic E-state index is -3.09. The van der Waals surface area contributed by atoms with Gasteiger partial charge in [-0.1, -0.05) is 6.92 Å². The zero-order chi connectivity index (χ0) is 11.5. The quantitative estimate of drug-likeness (QED) is 0.832. The third-order valence-corrected chi connectivity index (χ3v) is 4.70. The minimum Gasteiger partial charge on any atom is -0.464 e. The molecule has 0 saturated heterocycles. The topological polar surface area (TPSA) is 73.3 Å². The fourth-order valence-electron chi connectivity index (χ4n) is 1.20. The summed E-state index contributed by atoms with van der Waals surface area (Å²) in [7, 11) is -3.09. The zero-order valence-electron chi connectivity index (χ0n) is 9.06. The van der Waals surface area contributed by atoms with Gasteiger partial charge >= 0.3 is 0 Å². The Balaban J connectivity index is 2.77. The van der Waals surface area contributed by atoms with Crippen molar-refractivity contribution in [3.63, 3.8) is 0 Å². The van der Waals surface area contributed by atoms with Crippen LogP contribution in [0.4, 0.5) is 0 Å². The Bertz CT molecular complexity index is 408. The fourth-order valence-corrected chi connectivity index (χ4v) is 2.55. The molecule has 1 rings (SSSR count). The van der Waals surface area contributed by atoms with E-state index in [1.165, 1.54) is 0 Å². The molecule has 0 spiro atoms. The van der Waals surface area contributed by atoms with Gasteiger partial charge in [-0.3, -0.25) is 0 Å². The van der Waals surface area contributed by atoms with Gasteiger partial charge in [-0.25, -0.2) is 8.42 Å². The molecule has 0 aliphatic rings. The van der Waals surface area contributed by atoms with E-state index in [0.29, 0.717) is 24.5 Å². The Kier molecular flexibility index (Phi) is 3.93. The average Bonchev–Trinajstić information content (AvgIpc) is 2.63. The molecular formula is C10H17NO3S. The average molecular weight is 231 g/mol. The third-order valence-electron chi connectivity index (χ3n) is 2.45. The number of hydrogen-bond donors (Lipinski definition) is 1. The number of hydrogen-bond acceptors (Lipinski definition) is 4. The lowest BCUT2D eigenvalue weighted by atomic mass is 10.4. The summed E-state index contributed by atoms with van der Waals surface area (Å²) >= 11 is 0. The van der Waals surface area contributed by atoms with E-state index in [1.807, 2.05) is 6.92 Å². The van der Waals surface area contributed by atoms with Crippen LogP contribution in [0, 0.1) is 0 Å². The van der Waals surface area contributed by atoms with E-state index in [0.717, 1.165) is 0 Å². The lowest BCUT2D eigenvalue weighted by Gasteiger charge is -2.08. The van der Waals surface area contributed by atoms with E-state index in [1.54, 1.807) is 19.1 Å². The highest BCUT2D eigenvalue weighted by Gasteiger charge is 2.21. The van der Waals surface area contributed by atoms with Crippen LogP contribution in [-0.4, -0.2) is 13.7 Å². The van der Waals surface area contributed by atoms with Gasteiger partial charge in [-0.05, 0) is 25.5 Å². The molecule has 0 aromatic carbocycles. The van der Waals surface area contributed by atoms with E-state index in [2.05, 4.69) is 0 Å². The van der Waals surface area contributed by atoms with Crippen LogP contribution in [-0.2, 0) is 22.1 Å². The molecule has 0 amide bonds. The molecule has 0 bridgehead atoms. The number of furan rings is 1. The van der Waals surface area contributed by atoms with Crippen LogP contribution >= 0.6 is 0 Å². The van der Waals surface area contributed by atoms with Gasteiger partial charge in [0.1, 0.15) is 17.3 Å². The molecular weight excluding hydrogens is 214 g/mol. The third kappa shape index (κ3) is 3.07. The molecule has 0 aliphatic carbocycles. The Morgan fingerprint density at radius 2 is 2.00 bits per heavy atom. The highest BCUT2D eigenvalue weighted by atomic mass is 32.2. The van der Waals surface area contributed by atoms with Crippen molar-refractivity contribution < 1.29 is 12.8 Å². The van der Waals surface area contributed by atoms with Gasteiger partial charge < -0.3 is 10.2 Å². The van der Waals surface area contributed by atoms with Gasteiger partial charge in [0.25, 0.3) is 0 Å². The highest BCUT2D eigenvalue weighted by Crippen LogP contribution is 2.15. The summed E-state index contributed by atoms with van der Waals surface area (Å²) in [6.45, 7) is 3.86. The van der Waals surface area contributed by atoms with Crippen LogP contribution in [0.25, 0.3) is 0 Å². The molecule has 0 aliphatic heterocycles. The van der Waals surface area contributed by atoms with Gasteiger partial charge in [0.2, 0.25) is 0 Å². The molecule has 1 aromatic heterocycles. The summed E-state index contributed by atoms with van der Waals surface area (Å²) in [4.78, 5) is 0. The van der Waals surface area contributed by atoms with Crippen molar-refractivity contribution in [2.45, 2.75) is 37.8 Å². The molecule has 0 radical (unpaired) electrons. The summed E-state index contributed by atoms with van der Waals surface area (Å²) in [5.41, 5.74) is 5.37. The SMILES string of the molecule is CCC(C)S(=O)(=O)Cc1ccc(CN)o1. The van der Waals surface area contributed by atoms with Crippen molar-refractivity contribution in [2.75, 3.05) is 0 Å². The van der Waals surface area contributed by atoms with Crippen LogP contribution in [0.15, 0.2) is 16.5 Å². The molecule has 1 heterocycles. The highest BCUT2D eigenvalue weighted by molar-refractivity contribution is 7.91. The second-order valence-corrected chi connectivity index (χ2v) is 6.02. The first-order chi connectivity index (χ1) is 6.99. The van der Waals surface area contributed by atoms with Crippen molar-refractivity contribution in [1.82, 2.24) is 0 Å². The number of nitrogens with two attached hydrogens (primary N) is 1. The first kappa shape index (κ1) is 12.3. The van der Waals surface area contributed by atoms with E-state index < -0.39 is 9.84 Å². The Labute approximate surface area is 90.4 Å². The van der Waals surface area contributed by atoms with Crippen molar-refractivity contribution in [1.29, 1.82) is 0 Å². The molecule has 1 unspecified atom stereocenters. The molecule has 2 N–H and O–H groups in total. The smallest absolute Gasteiger partial charge is 0.160 e. The van der Waals surface area contributed by atoms with Gasteiger partial charge in [0, 0.05) is 0 Å². The van der Waals surface area contributed by atoms with Crippen LogP contribution in [0.1, 0.15) is 31.8 Å². The van der Waals surface area contributed by atoms with Crippen molar-refractivity contribution in [3.05, 3.63) is 23.7 Å². The molecule has 1 aromatic rings. The predicted molar refractivity (Wildman–Crippen MR) is 59.0 cm³/mol. The summed E-state index contributed by atoms with van der Waals surface area (Å²) < 4.78 is 28.7. The Hall–Kier alpha value is -0.810. The minimum absolute atomic E-state index is 0.0397. The predicted octanol–water partition coefficient (Wildman–Crippen LogP) is 1.45. The normalized spacial score (nSPS) is 14.1. The lowest BCUT2D eigenvalue weighted by molar-refractivity contribution is 0.476. The summed E-state index contributed by atoms with van der Waals surface area (Å²) in [5.74, 6) is 1.04. The lowest BCUT2D eigenvalue weighted by Crippen LogP contribution is -2.18. The van der Waals surface area contributed by atoms with Crippen molar-refractivity contribution in [2.24, 2.45) is 5.73 Å². The molecule has 4 nitrogen and oxygen atoms in total. The van der Waals surface area contributed by atoms with Crippen molar-refractivity contribution >= 4 is 9.84 Å². The number of sulfone groups is 1. The van der Waals surface area contributed by atoms with E-state index in [4.69, 9.17) is 10.2 Å². The Morgan fingerprint density at radius 3 is 2.47 bits per heavy atom. The van der Waals surface area contributed by atoms with E-state index in [9.17, 15) is 8.42 Å². The second kappa shape index (κ2) is 4.81. The largest absolute Gasteiger partial charge is 0.464 e. The van der Waals surface area contributed by atoms with Crippen molar-refractivity contribution in [3.8, 4) is 0 Å². The van der Waals surface area contributed by atoms with Crippen LogP contribution in [0.3, 0.4) is 0 Å². The van der Waals surface area contributed by atoms with E-state index >= 15 is 0 Å². The molecule has 15 heavy (non-hydrogen) atoms. The van der Waals surface area contributed by atoms with Crippen LogP contribution < -0.4 is 5.73 Å². The monoisotopic (exact) mass is 231 g/mol.